The molecule has 0 radical (unpaired) electrons. The van der Waals surface area contributed by atoms with Crippen LogP contribution in [0.3, 0.4) is 0 Å². The van der Waals surface area contributed by atoms with E-state index in [0.29, 0.717) is 0 Å². The molecule has 2 rings (SSSR count). The van der Waals surface area contributed by atoms with Crippen molar-refractivity contribution < 1.29 is 4.74 Å². The molecule has 0 saturated carbocycles. The highest BCUT2D eigenvalue weighted by Gasteiger charge is 2.39. The molecule has 0 amide bonds. The lowest BCUT2D eigenvalue weighted by atomic mass is 9.79. The summed E-state index contributed by atoms with van der Waals surface area (Å²) in [5.41, 5.74) is 1.53. The van der Waals surface area contributed by atoms with Gasteiger partial charge in [-0.15, -0.1) is 0 Å². The molecule has 0 atom stereocenters. The van der Waals surface area contributed by atoms with Gasteiger partial charge in [-0.1, -0.05) is 6.92 Å². The highest BCUT2D eigenvalue weighted by Crippen LogP contribution is 2.31. The number of nitrogens with zero attached hydrogens (tertiary/aromatic N) is 1. The molecule has 0 aliphatic carbocycles. The van der Waals surface area contributed by atoms with Gasteiger partial charge in [0, 0.05) is 18.9 Å². The van der Waals surface area contributed by atoms with E-state index < -0.39 is 0 Å². The Bertz CT molecular complexity index is 283. The molecule has 0 bridgehead atoms. The number of ether oxygens (including phenoxy) is 1. The van der Waals surface area contributed by atoms with Crippen LogP contribution in [0, 0.1) is 0 Å². The fraction of sp³-hybridized carbons (Fsp3) is 0.545. The fourth-order valence-corrected chi connectivity index (χ4v) is 1.79. The smallest absolute Gasteiger partial charge is 0.0598 e. The SMILES string of the molecule is CCNCC1(c2ccncc2)COC1. The van der Waals surface area contributed by atoms with Gasteiger partial charge in [-0.25, -0.2) is 0 Å². The highest BCUT2D eigenvalue weighted by molar-refractivity contribution is 5.26. The Kier molecular flexibility index (Phi) is 2.79. The number of nitrogens with one attached hydrogen (secondary N) is 1. The summed E-state index contributed by atoms with van der Waals surface area (Å²) in [5, 5.41) is 3.39. The molecule has 14 heavy (non-hydrogen) atoms. The third-order valence-electron chi connectivity index (χ3n) is 2.76. The number of likely N-dealkylation sites (N-methyl/N-ethyl adjacent to an activating group) is 1. The lowest BCUT2D eigenvalue weighted by molar-refractivity contribution is -0.0588. The number of rotatable bonds is 4. The van der Waals surface area contributed by atoms with E-state index in [2.05, 4.69) is 29.4 Å². The van der Waals surface area contributed by atoms with Crippen LogP contribution in [0.15, 0.2) is 24.5 Å². The summed E-state index contributed by atoms with van der Waals surface area (Å²) in [6.45, 7) is 5.77. The minimum absolute atomic E-state index is 0.193. The molecule has 2 heterocycles. The number of pyridine rings is 1. The van der Waals surface area contributed by atoms with Gasteiger partial charge in [0.2, 0.25) is 0 Å². The van der Waals surface area contributed by atoms with Crippen molar-refractivity contribution in [1.29, 1.82) is 0 Å². The van der Waals surface area contributed by atoms with Crippen LogP contribution in [-0.2, 0) is 10.2 Å². The maximum absolute atomic E-state index is 5.33. The average Bonchev–Trinajstić information content (AvgIpc) is 2.18. The highest BCUT2D eigenvalue weighted by atomic mass is 16.5. The van der Waals surface area contributed by atoms with Gasteiger partial charge in [0.1, 0.15) is 0 Å². The van der Waals surface area contributed by atoms with Gasteiger partial charge in [-0.3, -0.25) is 4.98 Å². The minimum Gasteiger partial charge on any atom is -0.379 e. The van der Waals surface area contributed by atoms with Crippen molar-refractivity contribution in [1.82, 2.24) is 10.3 Å². The molecule has 0 unspecified atom stereocenters. The third kappa shape index (κ3) is 1.65. The van der Waals surface area contributed by atoms with Crippen LogP contribution >= 0.6 is 0 Å². The lowest BCUT2D eigenvalue weighted by Gasteiger charge is -2.42. The zero-order valence-corrected chi connectivity index (χ0v) is 8.49. The summed E-state index contributed by atoms with van der Waals surface area (Å²) in [5.74, 6) is 0. The first-order valence-corrected chi connectivity index (χ1v) is 5.06. The molecule has 1 N–H and O–H groups in total. The Labute approximate surface area is 84.5 Å². The van der Waals surface area contributed by atoms with E-state index in [4.69, 9.17) is 4.74 Å². The van der Waals surface area contributed by atoms with Crippen molar-refractivity contribution >= 4 is 0 Å². The van der Waals surface area contributed by atoms with Gasteiger partial charge in [0.15, 0.2) is 0 Å². The monoisotopic (exact) mass is 192 g/mol. The Morgan fingerprint density at radius 3 is 2.64 bits per heavy atom. The first-order chi connectivity index (χ1) is 6.87. The van der Waals surface area contributed by atoms with Crippen molar-refractivity contribution in [3.63, 3.8) is 0 Å². The molecule has 1 saturated heterocycles. The van der Waals surface area contributed by atoms with Crippen LogP contribution < -0.4 is 5.32 Å². The topological polar surface area (TPSA) is 34.2 Å². The maximum Gasteiger partial charge on any atom is 0.0598 e. The minimum atomic E-state index is 0.193. The van der Waals surface area contributed by atoms with Crippen LogP contribution in [-0.4, -0.2) is 31.3 Å². The second-order valence-electron chi connectivity index (χ2n) is 3.79. The summed E-state index contributed by atoms with van der Waals surface area (Å²) in [7, 11) is 0. The molecule has 3 heteroatoms. The maximum atomic E-state index is 5.33. The molecule has 1 aromatic heterocycles. The standard InChI is InChI=1S/C11H16N2O/c1-2-12-7-11(8-14-9-11)10-3-5-13-6-4-10/h3-6,12H,2,7-9H2,1H3. The normalized spacial score (nSPS) is 18.9. The van der Waals surface area contributed by atoms with Gasteiger partial charge >= 0.3 is 0 Å². The average molecular weight is 192 g/mol. The van der Waals surface area contributed by atoms with E-state index >= 15 is 0 Å². The molecule has 3 nitrogen and oxygen atoms in total. The van der Waals surface area contributed by atoms with Gasteiger partial charge in [-0.05, 0) is 24.2 Å². The Morgan fingerprint density at radius 2 is 2.14 bits per heavy atom. The van der Waals surface area contributed by atoms with E-state index in [1.165, 1.54) is 5.56 Å². The van der Waals surface area contributed by atoms with E-state index in [-0.39, 0.29) is 5.41 Å². The Morgan fingerprint density at radius 1 is 1.43 bits per heavy atom. The molecular formula is C11H16N2O. The van der Waals surface area contributed by atoms with Gasteiger partial charge in [0.25, 0.3) is 0 Å². The molecular weight excluding hydrogens is 176 g/mol. The molecule has 1 aliphatic heterocycles. The van der Waals surface area contributed by atoms with Crippen LogP contribution in [0.2, 0.25) is 0 Å². The second kappa shape index (κ2) is 4.07. The molecule has 76 valence electrons. The van der Waals surface area contributed by atoms with E-state index in [9.17, 15) is 0 Å². The summed E-state index contributed by atoms with van der Waals surface area (Å²) >= 11 is 0. The largest absolute Gasteiger partial charge is 0.379 e. The van der Waals surface area contributed by atoms with Gasteiger partial charge < -0.3 is 10.1 Å². The zero-order chi connectivity index (χ0) is 9.86. The zero-order valence-electron chi connectivity index (χ0n) is 8.49. The lowest BCUT2D eigenvalue weighted by Crippen LogP contribution is -2.53. The van der Waals surface area contributed by atoms with Crippen molar-refractivity contribution in [2.45, 2.75) is 12.3 Å². The van der Waals surface area contributed by atoms with Crippen LogP contribution in [0.25, 0.3) is 0 Å². The Hall–Kier alpha value is -0.930. The van der Waals surface area contributed by atoms with E-state index in [1.807, 2.05) is 12.4 Å². The quantitative estimate of drug-likeness (QED) is 0.771. The van der Waals surface area contributed by atoms with Crippen LogP contribution in [0.5, 0.6) is 0 Å². The van der Waals surface area contributed by atoms with Crippen molar-refractivity contribution in [2.24, 2.45) is 0 Å². The van der Waals surface area contributed by atoms with Gasteiger partial charge in [-0.2, -0.15) is 0 Å². The molecule has 0 aromatic carbocycles. The van der Waals surface area contributed by atoms with Crippen molar-refractivity contribution in [3.8, 4) is 0 Å². The predicted octanol–water partition coefficient (Wildman–Crippen LogP) is 0.959. The van der Waals surface area contributed by atoms with E-state index in [1.54, 1.807) is 0 Å². The number of hydrogen-bond donors (Lipinski definition) is 1. The fourth-order valence-electron chi connectivity index (χ4n) is 1.79. The summed E-state index contributed by atoms with van der Waals surface area (Å²) < 4.78 is 5.33. The van der Waals surface area contributed by atoms with Crippen LogP contribution in [0.1, 0.15) is 12.5 Å². The van der Waals surface area contributed by atoms with Crippen molar-refractivity contribution in [3.05, 3.63) is 30.1 Å². The van der Waals surface area contributed by atoms with E-state index in [0.717, 1.165) is 26.3 Å². The molecule has 0 spiro atoms. The summed E-state index contributed by atoms with van der Waals surface area (Å²) in [6, 6.07) is 4.17. The predicted molar refractivity (Wildman–Crippen MR) is 55.3 cm³/mol. The Balaban J connectivity index is 2.12. The first kappa shape index (κ1) is 9.62. The summed E-state index contributed by atoms with van der Waals surface area (Å²) in [6.07, 6.45) is 3.70. The third-order valence-corrected chi connectivity index (χ3v) is 2.76. The molecule has 1 aliphatic rings. The first-order valence-electron chi connectivity index (χ1n) is 5.06. The number of aromatic nitrogens is 1. The summed E-state index contributed by atoms with van der Waals surface area (Å²) in [4.78, 5) is 4.04. The number of hydrogen-bond acceptors (Lipinski definition) is 3. The van der Waals surface area contributed by atoms with Crippen LogP contribution in [0.4, 0.5) is 0 Å². The van der Waals surface area contributed by atoms with Gasteiger partial charge in [0.05, 0.1) is 18.6 Å². The van der Waals surface area contributed by atoms with Crippen molar-refractivity contribution in [2.75, 3.05) is 26.3 Å². The second-order valence-corrected chi connectivity index (χ2v) is 3.79. The molecule has 1 aromatic rings. The molecule has 1 fully saturated rings.